The van der Waals surface area contributed by atoms with Gasteiger partial charge in [0.1, 0.15) is 4.21 Å². The van der Waals surface area contributed by atoms with Crippen LogP contribution in [0.5, 0.6) is 0 Å². The summed E-state index contributed by atoms with van der Waals surface area (Å²) in [5, 5.41) is 1.77. The van der Waals surface area contributed by atoms with Crippen molar-refractivity contribution >= 4 is 32.7 Å². The normalized spacial score (nSPS) is 15.8. The van der Waals surface area contributed by atoms with Gasteiger partial charge in [-0.3, -0.25) is 4.72 Å². The van der Waals surface area contributed by atoms with Crippen LogP contribution in [0.3, 0.4) is 0 Å². The van der Waals surface area contributed by atoms with Crippen LogP contribution in [0.2, 0.25) is 0 Å². The molecule has 0 bridgehead atoms. The highest BCUT2D eigenvalue weighted by atomic mass is 32.2. The van der Waals surface area contributed by atoms with Gasteiger partial charge in [0.05, 0.1) is 5.69 Å². The fraction of sp³-hybridized carbons (Fsp3) is 0.375. The number of hydrogen-bond donors (Lipinski definition) is 1. The zero-order valence-electron chi connectivity index (χ0n) is 12.6. The molecule has 0 aliphatic carbocycles. The van der Waals surface area contributed by atoms with Crippen molar-refractivity contribution in [3.8, 4) is 0 Å². The Kier molecular flexibility index (Phi) is 4.40. The van der Waals surface area contributed by atoms with Gasteiger partial charge in [0.2, 0.25) is 0 Å². The van der Waals surface area contributed by atoms with Gasteiger partial charge in [-0.25, -0.2) is 8.42 Å². The molecule has 2 aromatic rings. The number of benzene rings is 1. The summed E-state index contributed by atoms with van der Waals surface area (Å²) < 4.78 is 27.8. The standard InChI is InChI=1S/C16H20N2O2S2/c1-13-7-8-14(18-9-3-2-4-10-18)12-15(13)17-22(19,20)16-6-5-11-21-16/h5-8,11-12,17H,2-4,9-10H2,1H3. The van der Waals surface area contributed by atoms with E-state index in [1.165, 1.54) is 30.6 Å². The van der Waals surface area contributed by atoms with Crippen LogP contribution in [0.1, 0.15) is 24.8 Å². The van der Waals surface area contributed by atoms with E-state index >= 15 is 0 Å². The fourth-order valence-corrected chi connectivity index (χ4v) is 4.79. The Bertz CT molecular complexity index is 734. The largest absolute Gasteiger partial charge is 0.371 e. The van der Waals surface area contributed by atoms with Crippen LogP contribution in [0.15, 0.2) is 39.9 Å². The van der Waals surface area contributed by atoms with Crippen molar-refractivity contribution in [1.29, 1.82) is 0 Å². The van der Waals surface area contributed by atoms with Crippen molar-refractivity contribution in [1.82, 2.24) is 0 Å². The first-order valence-electron chi connectivity index (χ1n) is 7.48. The third-order valence-corrected chi connectivity index (χ3v) is 6.71. The number of aryl methyl sites for hydroxylation is 1. The van der Waals surface area contributed by atoms with E-state index < -0.39 is 10.0 Å². The Morgan fingerprint density at radius 1 is 1.14 bits per heavy atom. The molecule has 6 heteroatoms. The molecule has 22 heavy (non-hydrogen) atoms. The number of thiophene rings is 1. The number of sulfonamides is 1. The monoisotopic (exact) mass is 336 g/mol. The highest BCUT2D eigenvalue weighted by Crippen LogP contribution is 2.28. The van der Waals surface area contributed by atoms with Crippen LogP contribution in [-0.2, 0) is 10.0 Å². The average molecular weight is 336 g/mol. The lowest BCUT2D eigenvalue weighted by atomic mass is 10.1. The van der Waals surface area contributed by atoms with Gasteiger partial charge in [0.25, 0.3) is 10.0 Å². The van der Waals surface area contributed by atoms with Crippen LogP contribution in [0.4, 0.5) is 11.4 Å². The second-order valence-corrected chi connectivity index (χ2v) is 8.44. The van der Waals surface area contributed by atoms with Gasteiger partial charge in [-0.15, -0.1) is 11.3 Å². The number of piperidine rings is 1. The first-order chi connectivity index (χ1) is 10.6. The molecule has 1 fully saturated rings. The molecule has 4 nitrogen and oxygen atoms in total. The van der Waals surface area contributed by atoms with E-state index in [-0.39, 0.29) is 0 Å². The molecule has 1 aliphatic heterocycles. The van der Waals surface area contributed by atoms with Gasteiger partial charge in [-0.1, -0.05) is 12.1 Å². The number of nitrogens with one attached hydrogen (secondary N) is 1. The molecule has 0 atom stereocenters. The Labute approximate surface area is 135 Å². The molecule has 118 valence electrons. The van der Waals surface area contributed by atoms with E-state index in [2.05, 4.69) is 15.7 Å². The minimum atomic E-state index is -3.49. The van der Waals surface area contributed by atoms with Crippen molar-refractivity contribution in [2.24, 2.45) is 0 Å². The van der Waals surface area contributed by atoms with Gasteiger partial charge in [-0.2, -0.15) is 0 Å². The summed E-state index contributed by atoms with van der Waals surface area (Å²) in [6.45, 7) is 4.01. The molecule has 0 radical (unpaired) electrons. The van der Waals surface area contributed by atoms with Gasteiger partial charge in [0.15, 0.2) is 0 Å². The molecule has 0 amide bonds. The molecule has 1 aromatic carbocycles. The fourth-order valence-electron chi connectivity index (χ4n) is 2.68. The second-order valence-electron chi connectivity index (χ2n) is 5.58. The third-order valence-electron chi connectivity index (χ3n) is 3.95. The van der Waals surface area contributed by atoms with Gasteiger partial charge in [-0.05, 0) is 55.3 Å². The van der Waals surface area contributed by atoms with E-state index in [1.807, 2.05) is 19.1 Å². The number of hydrogen-bond acceptors (Lipinski definition) is 4. The quantitative estimate of drug-likeness (QED) is 0.922. The Morgan fingerprint density at radius 2 is 1.91 bits per heavy atom. The van der Waals surface area contributed by atoms with Crippen LogP contribution in [0, 0.1) is 6.92 Å². The summed E-state index contributed by atoms with van der Waals surface area (Å²) in [7, 11) is -3.49. The topological polar surface area (TPSA) is 49.4 Å². The van der Waals surface area contributed by atoms with Gasteiger partial charge < -0.3 is 4.90 Å². The molecule has 1 N–H and O–H groups in total. The van der Waals surface area contributed by atoms with Crippen molar-refractivity contribution in [3.05, 3.63) is 41.3 Å². The highest BCUT2D eigenvalue weighted by Gasteiger charge is 2.18. The minimum absolute atomic E-state index is 0.343. The Hall–Kier alpha value is -1.53. The van der Waals surface area contributed by atoms with E-state index in [1.54, 1.807) is 17.5 Å². The highest BCUT2D eigenvalue weighted by molar-refractivity contribution is 7.94. The summed E-state index contributed by atoms with van der Waals surface area (Å²) in [6.07, 6.45) is 3.68. The lowest BCUT2D eigenvalue weighted by Crippen LogP contribution is -2.29. The maximum Gasteiger partial charge on any atom is 0.271 e. The molecular weight excluding hydrogens is 316 g/mol. The van der Waals surface area contributed by atoms with E-state index in [0.717, 1.165) is 24.3 Å². The number of anilines is 2. The number of nitrogens with zero attached hydrogens (tertiary/aromatic N) is 1. The lowest BCUT2D eigenvalue weighted by molar-refractivity contribution is 0.578. The predicted octanol–water partition coefficient (Wildman–Crippen LogP) is 3.85. The van der Waals surface area contributed by atoms with Crippen LogP contribution >= 0.6 is 11.3 Å². The van der Waals surface area contributed by atoms with Crippen molar-refractivity contribution < 1.29 is 8.42 Å². The van der Waals surface area contributed by atoms with Gasteiger partial charge in [0, 0.05) is 18.8 Å². The molecule has 0 saturated carbocycles. The van der Waals surface area contributed by atoms with Crippen LogP contribution in [-0.4, -0.2) is 21.5 Å². The van der Waals surface area contributed by atoms with E-state index in [4.69, 9.17) is 0 Å². The molecule has 1 saturated heterocycles. The second kappa shape index (κ2) is 6.30. The molecule has 2 heterocycles. The molecule has 0 spiro atoms. The summed E-state index contributed by atoms with van der Waals surface area (Å²) in [5.74, 6) is 0. The Balaban J connectivity index is 1.87. The zero-order valence-corrected chi connectivity index (χ0v) is 14.2. The van der Waals surface area contributed by atoms with Crippen molar-refractivity contribution in [2.75, 3.05) is 22.7 Å². The SMILES string of the molecule is Cc1ccc(N2CCCCC2)cc1NS(=O)(=O)c1cccs1. The molecule has 0 unspecified atom stereocenters. The minimum Gasteiger partial charge on any atom is -0.371 e. The van der Waals surface area contributed by atoms with Gasteiger partial charge >= 0.3 is 0 Å². The lowest BCUT2D eigenvalue weighted by Gasteiger charge is -2.29. The van der Waals surface area contributed by atoms with Crippen molar-refractivity contribution in [2.45, 2.75) is 30.4 Å². The summed E-state index contributed by atoms with van der Waals surface area (Å²) in [5.41, 5.74) is 2.69. The zero-order chi connectivity index (χ0) is 15.6. The average Bonchev–Trinajstić information content (AvgIpc) is 3.05. The van der Waals surface area contributed by atoms with Crippen LogP contribution in [0.25, 0.3) is 0 Å². The molecule has 3 rings (SSSR count). The summed E-state index contributed by atoms with van der Waals surface area (Å²) in [4.78, 5) is 2.33. The molecule has 1 aliphatic rings. The smallest absolute Gasteiger partial charge is 0.271 e. The maximum atomic E-state index is 12.4. The maximum absolute atomic E-state index is 12.4. The summed E-state index contributed by atoms with van der Waals surface area (Å²) in [6, 6.07) is 9.37. The molecular formula is C16H20N2O2S2. The predicted molar refractivity (Wildman–Crippen MR) is 92.4 cm³/mol. The first kappa shape index (κ1) is 15.4. The van der Waals surface area contributed by atoms with E-state index in [9.17, 15) is 8.42 Å². The Morgan fingerprint density at radius 3 is 2.59 bits per heavy atom. The van der Waals surface area contributed by atoms with E-state index in [0.29, 0.717) is 9.90 Å². The van der Waals surface area contributed by atoms with Crippen molar-refractivity contribution in [3.63, 3.8) is 0 Å². The number of rotatable bonds is 4. The summed E-state index contributed by atoms with van der Waals surface area (Å²) >= 11 is 1.23. The first-order valence-corrected chi connectivity index (χ1v) is 9.84. The van der Waals surface area contributed by atoms with Crippen LogP contribution < -0.4 is 9.62 Å². The third kappa shape index (κ3) is 3.28. The molecule has 1 aromatic heterocycles.